The molecule has 2 amide bonds. The molecule has 7 heteroatoms. The summed E-state index contributed by atoms with van der Waals surface area (Å²) < 4.78 is 4.55. The van der Waals surface area contributed by atoms with Crippen molar-refractivity contribution in [2.45, 2.75) is 27.7 Å². The van der Waals surface area contributed by atoms with Gasteiger partial charge >= 0.3 is 134 Å². The van der Waals surface area contributed by atoms with Crippen molar-refractivity contribution >= 4 is 42.9 Å². The van der Waals surface area contributed by atoms with E-state index in [0.717, 1.165) is 0 Å². The van der Waals surface area contributed by atoms with Gasteiger partial charge in [-0.05, 0) is 11.8 Å². The van der Waals surface area contributed by atoms with Crippen molar-refractivity contribution in [2.24, 2.45) is 11.8 Å². The quantitative estimate of drug-likeness (QED) is 0.314. The monoisotopic (exact) mass is 586 g/mol. The summed E-state index contributed by atoms with van der Waals surface area (Å²) in [5, 5.41) is 20.6. The molecule has 0 heterocycles. The van der Waals surface area contributed by atoms with E-state index in [4.69, 9.17) is 10.2 Å². The van der Waals surface area contributed by atoms with Crippen LogP contribution in [0.4, 0.5) is 9.59 Å². The predicted molar refractivity (Wildman–Crippen MR) is 146 cm³/mol. The summed E-state index contributed by atoms with van der Waals surface area (Å²) in [6, 6.07) is 32.9. The van der Waals surface area contributed by atoms with Gasteiger partial charge in [-0.2, -0.15) is 0 Å². The average Bonchev–Trinajstić information content (AvgIpc) is 2.84. The molecule has 0 saturated carbocycles. The maximum absolute atomic E-state index is 9.79. The Kier molecular flexibility index (Phi) is 15.0. The van der Waals surface area contributed by atoms with Crippen LogP contribution < -0.4 is 21.2 Å². The van der Waals surface area contributed by atoms with Gasteiger partial charge < -0.3 is 20.8 Å². The summed E-state index contributed by atoms with van der Waals surface area (Å²) in [4.78, 5) is 19.6. The first kappa shape index (κ1) is 30.0. The van der Waals surface area contributed by atoms with Crippen LogP contribution in [-0.4, -0.2) is 55.7 Å². The third kappa shape index (κ3) is 14.1. The minimum absolute atomic E-state index is 0.395. The molecule has 0 unspecified atom stereocenters. The fraction of sp³-hybridized carbons (Fsp3) is 0.286. The Morgan fingerprint density at radius 2 is 0.857 bits per heavy atom. The molecule has 0 aromatic heterocycles. The molecule has 0 aliphatic rings. The van der Waals surface area contributed by atoms with Gasteiger partial charge in [0.2, 0.25) is 0 Å². The predicted octanol–water partition coefficient (Wildman–Crippen LogP) is 4.02. The van der Waals surface area contributed by atoms with Gasteiger partial charge in [-0.3, -0.25) is 0 Å². The van der Waals surface area contributed by atoms with E-state index in [0.29, 0.717) is 24.9 Å². The van der Waals surface area contributed by atoms with Gasteiger partial charge in [0.1, 0.15) is 0 Å². The molecule has 0 spiro atoms. The summed E-state index contributed by atoms with van der Waals surface area (Å²) >= 11 is -1.83. The third-order valence-corrected chi connectivity index (χ3v) is 11.3. The molecular formula is C28H37N2O4Sb. The van der Waals surface area contributed by atoms with Crippen LogP contribution in [0, 0.1) is 11.8 Å². The van der Waals surface area contributed by atoms with Gasteiger partial charge in [0.25, 0.3) is 0 Å². The third-order valence-electron chi connectivity index (χ3n) is 4.37. The van der Waals surface area contributed by atoms with Crippen LogP contribution in [0.2, 0.25) is 0 Å². The maximum atomic E-state index is 9.79. The average molecular weight is 587 g/mol. The van der Waals surface area contributed by atoms with Crippen molar-refractivity contribution < 1.29 is 19.8 Å². The molecule has 0 saturated heterocycles. The zero-order chi connectivity index (χ0) is 26.1. The molecule has 188 valence electrons. The fourth-order valence-electron chi connectivity index (χ4n) is 2.76. The molecule has 35 heavy (non-hydrogen) atoms. The molecule has 0 aliphatic carbocycles. The van der Waals surface area contributed by atoms with Crippen molar-refractivity contribution in [3.05, 3.63) is 91.0 Å². The molecule has 0 atom stereocenters. The first-order valence-corrected chi connectivity index (χ1v) is 15.4. The first-order valence-electron chi connectivity index (χ1n) is 11.6. The van der Waals surface area contributed by atoms with Crippen molar-refractivity contribution in [3.63, 3.8) is 0 Å². The minimum atomic E-state index is -1.83. The van der Waals surface area contributed by atoms with Crippen molar-refractivity contribution in [1.82, 2.24) is 10.6 Å². The number of hydrogen-bond acceptors (Lipinski definition) is 2. The Bertz CT molecular complexity index is 852. The molecule has 0 aliphatic heterocycles. The van der Waals surface area contributed by atoms with E-state index in [2.05, 4.69) is 102 Å². The van der Waals surface area contributed by atoms with Crippen molar-refractivity contribution in [2.75, 3.05) is 13.1 Å². The molecule has 0 bridgehead atoms. The molecule has 6 nitrogen and oxygen atoms in total. The second-order valence-corrected chi connectivity index (χ2v) is 14.8. The van der Waals surface area contributed by atoms with E-state index in [1.54, 1.807) is 0 Å². The molecular weight excluding hydrogens is 550 g/mol. The zero-order valence-corrected chi connectivity index (χ0v) is 23.4. The van der Waals surface area contributed by atoms with E-state index >= 15 is 0 Å². The van der Waals surface area contributed by atoms with Gasteiger partial charge in [-0.1, -0.05) is 27.7 Å². The second kappa shape index (κ2) is 17.5. The Morgan fingerprint density at radius 3 is 1.03 bits per heavy atom. The number of carboxylic acid groups (broad SMARTS) is 2. The van der Waals surface area contributed by atoms with E-state index < -0.39 is 32.4 Å². The number of benzene rings is 3. The number of nitrogens with one attached hydrogen (secondary N) is 2. The number of rotatable bonds is 7. The Labute approximate surface area is 216 Å². The van der Waals surface area contributed by atoms with Crippen LogP contribution >= 0.6 is 0 Å². The zero-order valence-electron chi connectivity index (χ0n) is 20.9. The van der Waals surface area contributed by atoms with Crippen molar-refractivity contribution in [1.29, 1.82) is 0 Å². The molecule has 3 aromatic rings. The van der Waals surface area contributed by atoms with Crippen LogP contribution in [0.1, 0.15) is 27.7 Å². The standard InChI is InChI=1S/3C6H5.2C5H11NO2.Sb/c3*1-2-4-6-5-3-1;2*1-4(2)3-6-5(7)8;/h3*1-5H;2*4,6H,3H2,1-2H3,(H,7,8);. The molecule has 4 N–H and O–H groups in total. The second-order valence-electron chi connectivity index (χ2n) is 8.50. The SMILES string of the molecule is CC(C)CNC(=O)O.CC(C)CNC(=O)O.c1cc[c]([Sb]([c]2ccccc2)[c]2ccccc2)cc1. The van der Waals surface area contributed by atoms with Crippen molar-refractivity contribution in [3.8, 4) is 0 Å². The number of hydrogen-bond donors (Lipinski definition) is 4. The molecule has 3 rings (SSSR count). The molecule has 0 fully saturated rings. The normalized spacial score (nSPS) is 10.0. The van der Waals surface area contributed by atoms with Crippen LogP contribution in [0.25, 0.3) is 0 Å². The van der Waals surface area contributed by atoms with Gasteiger partial charge in [0.05, 0.1) is 0 Å². The fourth-order valence-corrected chi connectivity index (χ4v) is 9.34. The molecule has 3 aromatic carbocycles. The Hall–Kier alpha value is -2.98. The van der Waals surface area contributed by atoms with E-state index in [9.17, 15) is 9.59 Å². The number of amides is 2. The first-order chi connectivity index (χ1) is 16.7. The van der Waals surface area contributed by atoms with Gasteiger partial charge in [-0.25, -0.2) is 9.59 Å². The summed E-state index contributed by atoms with van der Waals surface area (Å²) in [5.41, 5.74) is 0. The Balaban J connectivity index is 0.000000320. The summed E-state index contributed by atoms with van der Waals surface area (Å²) in [7, 11) is 0. The van der Waals surface area contributed by atoms with E-state index in [1.165, 1.54) is 10.5 Å². The van der Waals surface area contributed by atoms with Gasteiger partial charge in [-0.15, -0.1) is 0 Å². The number of carbonyl (C=O) groups is 2. The Morgan fingerprint density at radius 1 is 0.600 bits per heavy atom. The summed E-state index contributed by atoms with van der Waals surface area (Å²) in [5.74, 6) is 0.789. The molecule has 0 radical (unpaired) electrons. The summed E-state index contributed by atoms with van der Waals surface area (Å²) in [6.07, 6.45) is -1.89. The van der Waals surface area contributed by atoms with E-state index in [-0.39, 0.29) is 0 Å². The van der Waals surface area contributed by atoms with E-state index in [1.807, 2.05) is 27.7 Å². The topological polar surface area (TPSA) is 98.7 Å². The van der Waals surface area contributed by atoms with Crippen LogP contribution in [0.15, 0.2) is 91.0 Å². The van der Waals surface area contributed by atoms with Crippen LogP contribution in [-0.2, 0) is 0 Å². The van der Waals surface area contributed by atoms with Gasteiger partial charge in [0.15, 0.2) is 0 Å². The summed E-state index contributed by atoms with van der Waals surface area (Å²) in [6.45, 7) is 8.89. The van der Waals surface area contributed by atoms with Crippen LogP contribution in [0.5, 0.6) is 0 Å². The van der Waals surface area contributed by atoms with Crippen LogP contribution in [0.3, 0.4) is 0 Å². The van der Waals surface area contributed by atoms with Gasteiger partial charge in [0, 0.05) is 13.1 Å².